The van der Waals surface area contributed by atoms with Gasteiger partial charge in [-0.15, -0.1) is 0 Å². The van der Waals surface area contributed by atoms with Crippen molar-refractivity contribution in [1.82, 2.24) is 5.32 Å². The van der Waals surface area contributed by atoms with Crippen LogP contribution in [0.3, 0.4) is 0 Å². The van der Waals surface area contributed by atoms with Gasteiger partial charge in [0.15, 0.2) is 0 Å². The normalized spacial score (nSPS) is 17.9. The largest absolute Gasteiger partial charge is 0.468 e. The summed E-state index contributed by atoms with van der Waals surface area (Å²) < 4.78 is 10.1. The Morgan fingerprint density at radius 3 is 2.43 bits per heavy atom. The van der Waals surface area contributed by atoms with Gasteiger partial charge in [-0.1, -0.05) is 42.5 Å². The molecule has 194 valence electrons. The van der Waals surface area contributed by atoms with Crippen molar-refractivity contribution in [3.63, 3.8) is 0 Å². The molecule has 10 nitrogen and oxygen atoms in total. The molecule has 0 radical (unpaired) electrons. The lowest BCUT2D eigenvalue weighted by Gasteiger charge is -2.32. The lowest BCUT2D eigenvalue weighted by molar-refractivity contribution is -0.384. The van der Waals surface area contributed by atoms with Crippen molar-refractivity contribution in [2.45, 2.75) is 39.2 Å². The molecule has 0 fully saturated rings. The molecule has 10 heteroatoms. The highest BCUT2D eigenvalue weighted by molar-refractivity contribution is 6.08. The topological polar surface area (TPSA) is 137 Å². The minimum absolute atomic E-state index is 0.111. The molecule has 0 saturated heterocycles. The van der Waals surface area contributed by atoms with E-state index in [9.17, 15) is 24.5 Å². The van der Waals surface area contributed by atoms with Gasteiger partial charge in [-0.05, 0) is 31.9 Å². The van der Waals surface area contributed by atoms with Crippen LogP contribution in [0.2, 0.25) is 0 Å². The van der Waals surface area contributed by atoms with Crippen molar-refractivity contribution in [1.29, 1.82) is 0 Å². The summed E-state index contributed by atoms with van der Waals surface area (Å²) in [5, 5.41) is 14.4. The second-order valence-electron chi connectivity index (χ2n) is 8.53. The van der Waals surface area contributed by atoms with Crippen LogP contribution < -0.4 is 5.32 Å². The average Bonchev–Trinajstić information content (AvgIpc) is 2.88. The first-order valence-corrected chi connectivity index (χ1v) is 11.8. The maximum atomic E-state index is 13.8. The number of allylic oxidation sites excluding steroid dienone is 1. The number of esters is 2. The van der Waals surface area contributed by atoms with E-state index in [1.54, 1.807) is 51.1 Å². The fourth-order valence-electron chi connectivity index (χ4n) is 4.52. The second kappa shape index (κ2) is 12.1. The summed E-state index contributed by atoms with van der Waals surface area (Å²) in [6.07, 6.45) is -0.111. The fraction of sp³-hybridized carbons (Fsp3) is 0.333. The highest BCUT2D eigenvalue weighted by atomic mass is 16.6. The number of ether oxygens (including phenoxy) is 2. The summed E-state index contributed by atoms with van der Waals surface area (Å²) in [5.74, 6) is -3.54. The number of hydrogen-bond acceptors (Lipinski definition) is 8. The molecule has 37 heavy (non-hydrogen) atoms. The number of nitro benzene ring substituents is 1. The summed E-state index contributed by atoms with van der Waals surface area (Å²) in [4.78, 5) is 54.4. The van der Waals surface area contributed by atoms with Crippen LogP contribution >= 0.6 is 0 Å². The third-order valence-electron chi connectivity index (χ3n) is 6.15. The van der Waals surface area contributed by atoms with Crippen molar-refractivity contribution in [3.05, 3.63) is 87.1 Å². The van der Waals surface area contributed by atoms with Crippen LogP contribution in [-0.4, -0.2) is 42.2 Å². The minimum Gasteiger partial charge on any atom is -0.468 e. The number of hydrogen-bond donors (Lipinski definition) is 1. The third kappa shape index (κ3) is 6.27. The first-order valence-electron chi connectivity index (χ1n) is 11.8. The molecule has 1 amide bonds. The monoisotopic (exact) mass is 507 g/mol. The van der Waals surface area contributed by atoms with Crippen molar-refractivity contribution >= 4 is 29.2 Å². The van der Waals surface area contributed by atoms with Gasteiger partial charge in [-0.25, -0.2) is 0 Å². The Kier molecular flexibility index (Phi) is 8.89. The van der Waals surface area contributed by atoms with Crippen LogP contribution in [0.25, 0.3) is 0 Å². The Bertz CT molecular complexity index is 1250. The molecule has 1 heterocycles. The number of carbonyl (C=O) groups excluding carboxylic acids is 3. The highest BCUT2D eigenvalue weighted by Crippen LogP contribution is 2.40. The molecule has 1 N–H and O–H groups in total. The van der Waals surface area contributed by atoms with Crippen molar-refractivity contribution in [3.8, 4) is 0 Å². The Morgan fingerprint density at radius 2 is 1.81 bits per heavy atom. The molecular weight excluding hydrogens is 478 g/mol. The molecule has 0 spiro atoms. The quantitative estimate of drug-likeness (QED) is 0.307. The molecule has 0 aromatic heterocycles. The van der Waals surface area contributed by atoms with Crippen LogP contribution in [0, 0.1) is 16.0 Å². The molecule has 3 rings (SSSR count). The number of carbonyl (C=O) groups is 3. The Balaban J connectivity index is 2.09. The summed E-state index contributed by atoms with van der Waals surface area (Å²) in [5.41, 5.74) is 1.84. The molecule has 3 atom stereocenters. The standard InChI is InChI=1S/C27H29N3O7/c1-5-37-22(31)15-21(18-10-7-6-8-11-18)29-26(32)23-16(2)28-17(3)24(27(33)36-4)25(23)19-12-9-13-20(14-19)30(34)35/h6-14,21,24-25H,5,15H2,1-4H3,(H,29,32). The van der Waals surface area contributed by atoms with Crippen LogP contribution in [0.15, 0.2) is 70.9 Å². The zero-order valence-electron chi connectivity index (χ0n) is 21.1. The van der Waals surface area contributed by atoms with E-state index in [0.717, 1.165) is 0 Å². The number of benzene rings is 2. The predicted octanol–water partition coefficient (Wildman–Crippen LogP) is 4.03. The van der Waals surface area contributed by atoms with Crippen LogP contribution in [0.1, 0.15) is 50.3 Å². The molecule has 2 aromatic rings. The summed E-state index contributed by atoms with van der Waals surface area (Å²) in [6, 6.07) is 14.0. The number of aliphatic imine (C=N–C) groups is 1. The number of non-ortho nitro benzene ring substituents is 1. The molecule has 1 aliphatic heterocycles. The molecule has 0 bridgehead atoms. The van der Waals surface area contributed by atoms with Crippen LogP contribution in [0.5, 0.6) is 0 Å². The average molecular weight is 508 g/mol. The Hall–Kier alpha value is -4.34. The van der Waals surface area contributed by atoms with E-state index in [0.29, 0.717) is 22.5 Å². The number of nitrogens with one attached hydrogen (secondary N) is 1. The van der Waals surface area contributed by atoms with Gasteiger partial charge < -0.3 is 14.8 Å². The summed E-state index contributed by atoms with van der Waals surface area (Å²) in [7, 11) is 1.23. The van der Waals surface area contributed by atoms with Crippen molar-refractivity contribution < 1.29 is 28.8 Å². The zero-order chi connectivity index (χ0) is 27.1. The van der Waals surface area contributed by atoms with Gasteiger partial charge in [0.1, 0.15) is 5.92 Å². The number of methoxy groups -OCH3 is 1. The fourth-order valence-corrected chi connectivity index (χ4v) is 4.52. The molecule has 3 unspecified atom stereocenters. The van der Waals surface area contributed by atoms with E-state index in [-0.39, 0.29) is 24.3 Å². The van der Waals surface area contributed by atoms with Crippen LogP contribution in [0.4, 0.5) is 5.69 Å². The van der Waals surface area contributed by atoms with Gasteiger partial charge >= 0.3 is 11.9 Å². The highest BCUT2D eigenvalue weighted by Gasteiger charge is 2.42. The smallest absolute Gasteiger partial charge is 0.315 e. The van der Waals surface area contributed by atoms with E-state index in [1.165, 1.54) is 25.3 Å². The van der Waals surface area contributed by atoms with Crippen molar-refractivity contribution in [2.75, 3.05) is 13.7 Å². The first kappa shape index (κ1) is 27.3. The minimum atomic E-state index is -0.975. The molecule has 2 aromatic carbocycles. The van der Waals surface area contributed by atoms with Gasteiger partial charge in [0, 0.05) is 35.0 Å². The lowest BCUT2D eigenvalue weighted by Crippen LogP contribution is -2.40. The number of rotatable bonds is 9. The van der Waals surface area contributed by atoms with Gasteiger partial charge in [0.05, 0.1) is 31.1 Å². The number of nitro groups is 1. The third-order valence-corrected chi connectivity index (χ3v) is 6.15. The van der Waals surface area contributed by atoms with E-state index in [4.69, 9.17) is 9.47 Å². The summed E-state index contributed by atoms with van der Waals surface area (Å²) in [6.45, 7) is 5.18. The van der Waals surface area contributed by atoms with E-state index < -0.39 is 40.6 Å². The Morgan fingerprint density at radius 1 is 1.11 bits per heavy atom. The SMILES string of the molecule is CCOC(=O)CC(NC(=O)C1=C(C)N=C(C)C(C(=O)OC)C1c1cccc([N+](=O)[O-])c1)c1ccccc1. The first-order chi connectivity index (χ1) is 17.7. The van der Waals surface area contributed by atoms with E-state index in [1.807, 2.05) is 6.07 Å². The molecule has 0 saturated carbocycles. The Labute approximate surface area is 214 Å². The predicted molar refractivity (Wildman–Crippen MR) is 136 cm³/mol. The van der Waals surface area contributed by atoms with Crippen LogP contribution in [-0.2, 0) is 23.9 Å². The number of nitrogens with zero attached hydrogens (tertiary/aromatic N) is 2. The molecule has 1 aliphatic rings. The molecule has 0 aliphatic carbocycles. The molecular formula is C27H29N3O7. The van der Waals surface area contributed by atoms with E-state index >= 15 is 0 Å². The van der Waals surface area contributed by atoms with E-state index in [2.05, 4.69) is 10.3 Å². The lowest BCUT2D eigenvalue weighted by atomic mass is 9.75. The van der Waals surface area contributed by atoms with Gasteiger partial charge in [0.25, 0.3) is 5.69 Å². The number of amides is 1. The maximum absolute atomic E-state index is 13.8. The zero-order valence-corrected chi connectivity index (χ0v) is 21.1. The summed E-state index contributed by atoms with van der Waals surface area (Å²) >= 11 is 0. The van der Waals surface area contributed by atoms with Gasteiger partial charge in [-0.3, -0.25) is 29.5 Å². The maximum Gasteiger partial charge on any atom is 0.315 e. The van der Waals surface area contributed by atoms with Gasteiger partial charge in [0.2, 0.25) is 5.91 Å². The van der Waals surface area contributed by atoms with Crippen molar-refractivity contribution in [2.24, 2.45) is 10.9 Å². The second-order valence-corrected chi connectivity index (χ2v) is 8.53. The van der Waals surface area contributed by atoms with Gasteiger partial charge in [-0.2, -0.15) is 0 Å².